The Balaban J connectivity index is 2.29. The fraction of sp³-hybridized carbons (Fsp3) is 0.385. The van der Waals surface area contributed by atoms with Crippen molar-refractivity contribution in [3.05, 3.63) is 35.0 Å². The summed E-state index contributed by atoms with van der Waals surface area (Å²) in [6.45, 7) is 3.98. The van der Waals surface area contributed by atoms with Crippen LogP contribution in [0.2, 0.25) is 0 Å². The highest BCUT2D eigenvalue weighted by molar-refractivity contribution is 9.40. The number of allylic oxidation sites excluding steroid dienone is 1. The SMILES string of the molecule is Cc1cc(C/C=C2/N=C(C(Br)(Br)Br)N=C(C(Br)(Br)Br)N2)oc1C. The molecule has 10 heteroatoms. The van der Waals surface area contributed by atoms with Gasteiger partial charge in [-0.05, 0) is 31.6 Å². The summed E-state index contributed by atoms with van der Waals surface area (Å²) in [5.74, 6) is 3.63. The van der Waals surface area contributed by atoms with Crippen molar-refractivity contribution in [2.75, 3.05) is 0 Å². The van der Waals surface area contributed by atoms with Crippen molar-refractivity contribution in [2.45, 2.75) is 24.6 Å². The van der Waals surface area contributed by atoms with Crippen LogP contribution in [0, 0.1) is 13.8 Å². The summed E-state index contributed by atoms with van der Waals surface area (Å²) in [6.07, 6.45) is 2.57. The molecule has 0 aromatic carbocycles. The molecule has 2 heterocycles. The predicted octanol–water partition coefficient (Wildman–Crippen LogP) is 6.36. The molecule has 0 saturated carbocycles. The molecule has 0 amide bonds. The molecular formula is C13H11Br6N3O. The molecule has 23 heavy (non-hydrogen) atoms. The van der Waals surface area contributed by atoms with Crippen molar-refractivity contribution in [3.63, 3.8) is 0 Å². The lowest BCUT2D eigenvalue weighted by atomic mass is 10.2. The van der Waals surface area contributed by atoms with E-state index in [-0.39, 0.29) is 0 Å². The summed E-state index contributed by atoms with van der Waals surface area (Å²) in [4.78, 5) is 8.95. The second-order valence-electron chi connectivity index (χ2n) is 4.76. The van der Waals surface area contributed by atoms with Gasteiger partial charge in [-0.25, -0.2) is 9.98 Å². The maximum atomic E-state index is 5.69. The Kier molecular flexibility index (Phi) is 6.84. The first kappa shape index (κ1) is 20.4. The molecule has 0 spiro atoms. The topological polar surface area (TPSA) is 49.9 Å². The number of nitrogens with zero attached hydrogens (tertiary/aromatic N) is 2. The highest BCUT2D eigenvalue weighted by atomic mass is 80.0. The maximum Gasteiger partial charge on any atom is 0.194 e. The van der Waals surface area contributed by atoms with Crippen LogP contribution in [-0.4, -0.2) is 16.0 Å². The van der Waals surface area contributed by atoms with Crippen LogP contribution in [0.4, 0.5) is 0 Å². The third kappa shape index (κ3) is 5.77. The molecule has 1 aromatic rings. The smallest absolute Gasteiger partial charge is 0.194 e. The fourth-order valence-corrected chi connectivity index (χ4v) is 2.82. The number of hydrogen-bond donors (Lipinski definition) is 1. The van der Waals surface area contributed by atoms with E-state index >= 15 is 0 Å². The number of rotatable bonds is 2. The number of aliphatic imine (C=N–C) groups is 2. The van der Waals surface area contributed by atoms with Crippen LogP contribution in [0.15, 0.2) is 32.4 Å². The van der Waals surface area contributed by atoms with Gasteiger partial charge in [-0.2, -0.15) is 0 Å². The van der Waals surface area contributed by atoms with Gasteiger partial charge in [-0.1, -0.05) is 95.6 Å². The van der Waals surface area contributed by atoms with Gasteiger partial charge in [0.1, 0.15) is 23.2 Å². The minimum atomic E-state index is -0.713. The maximum absolute atomic E-state index is 5.69. The minimum Gasteiger partial charge on any atom is -0.466 e. The summed E-state index contributed by atoms with van der Waals surface area (Å²) in [7, 11) is 0. The van der Waals surface area contributed by atoms with E-state index < -0.39 is 4.29 Å². The molecule has 0 aliphatic carbocycles. The van der Waals surface area contributed by atoms with E-state index in [0.29, 0.717) is 23.9 Å². The van der Waals surface area contributed by atoms with Crippen LogP contribution in [0.3, 0.4) is 0 Å². The molecule has 0 atom stereocenters. The van der Waals surface area contributed by atoms with Crippen LogP contribution < -0.4 is 5.32 Å². The second kappa shape index (κ2) is 7.73. The van der Waals surface area contributed by atoms with Crippen LogP contribution >= 0.6 is 95.6 Å². The second-order valence-corrected chi connectivity index (χ2v) is 18.3. The van der Waals surface area contributed by atoms with Gasteiger partial charge >= 0.3 is 0 Å². The molecule has 1 N–H and O–H groups in total. The molecule has 2 rings (SSSR count). The van der Waals surface area contributed by atoms with Gasteiger partial charge in [0.15, 0.2) is 10.1 Å². The van der Waals surface area contributed by atoms with Gasteiger partial charge in [-0.15, -0.1) is 0 Å². The first-order valence-corrected chi connectivity index (χ1v) is 11.1. The van der Waals surface area contributed by atoms with Gasteiger partial charge in [0.2, 0.25) is 0 Å². The zero-order chi connectivity index (χ0) is 17.4. The zero-order valence-corrected chi connectivity index (χ0v) is 21.4. The van der Waals surface area contributed by atoms with Crippen molar-refractivity contribution in [1.29, 1.82) is 0 Å². The largest absolute Gasteiger partial charge is 0.466 e. The first-order valence-electron chi connectivity index (χ1n) is 6.31. The van der Waals surface area contributed by atoms with E-state index in [1.54, 1.807) is 0 Å². The van der Waals surface area contributed by atoms with Crippen molar-refractivity contribution < 1.29 is 4.42 Å². The van der Waals surface area contributed by atoms with Crippen molar-refractivity contribution in [1.82, 2.24) is 5.32 Å². The Hall–Kier alpha value is 1.04. The molecule has 126 valence electrons. The van der Waals surface area contributed by atoms with Crippen LogP contribution in [0.5, 0.6) is 0 Å². The Morgan fingerprint density at radius 2 is 1.74 bits per heavy atom. The molecule has 0 bridgehead atoms. The molecule has 4 nitrogen and oxygen atoms in total. The van der Waals surface area contributed by atoms with E-state index in [4.69, 9.17) is 4.42 Å². The highest BCUT2D eigenvalue weighted by Gasteiger charge is 2.34. The molecule has 1 aliphatic rings. The lowest BCUT2D eigenvalue weighted by Gasteiger charge is -2.24. The van der Waals surface area contributed by atoms with E-state index in [1.165, 1.54) is 0 Å². The van der Waals surface area contributed by atoms with Gasteiger partial charge in [0, 0.05) is 6.42 Å². The van der Waals surface area contributed by atoms with Crippen LogP contribution in [-0.2, 0) is 6.42 Å². The van der Waals surface area contributed by atoms with Crippen molar-refractivity contribution in [2.24, 2.45) is 9.98 Å². The molecule has 1 aromatic heterocycles. The Morgan fingerprint density at radius 3 is 2.22 bits per heavy atom. The number of furan rings is 1. The average molecular weight is 705 g/mol. The summed E-state index contributed by atoms with van der Waals surface area (Å²) >= 11 is 20.7. The van der Waals surface area contributed by atoms with Gasteiger partial charge < -0.3 is 9.73 Å². The van der Waals surface area contributed by atoms with Gasteiger partial charge in [-0.3, -0.25) is 0 Å². The summed E-state index contributed by atoms with van der Waals surface area (Å²) in [5, 5.41) is 3.17. The molecule has 1 aliphatic heterocycles. The Bertz CT molecular complexity index is 674. The van der Waals surface area contributed by atoms with Crippen LogP contribution in [0.1, 0.15) is 17.1 Å². The average Bonchev–Trinajstić information content (AvgIpc) is 2.73. The van der Waals surface area contributed by atoms with E-state index in [0.717, 1.165) is 17.1 Å². The quantitative estimate of drug-likeness (QED) is 0.365. The standard InChI is InChI=1S/C13H11Br6N3O/c1-6-5-8(23-7(6)2)3-4-9-20-10(12(14,15)16)22-11(21-9)13(17,18)19/h4-5H,3H2,1-2H3,(H,20,21,22). The Labute approximate surface area is 184 Å². The lowest BCUT2D eigenvalue weighted by molar-refractivity contribution is 0.492. The first-order chi connectivity index (χ1) is 10.5. The van der Waals surface area contributed by atoms with E-state index in [2.05, 4.69) is 111 Å². The van der Waals surface area contributed by atoms with E-state index in [9.17, 15) is 0 Å². The number of aryl methyl sites for hydroxylation is 2. The number of amidine groups is 2. The predicted molar refractivity (Wildman–Crippen MR) is 117 cm³/mol. The third-order valence-corrected chi connectivity index (χ3v) is 5.12. The molecule has 0 unspecified atom stereocenters. The zero-order valence-electron chi connectivity index (χ0n) is 11.9. The Morgan fingerprint density at radius 1 is 1.09 bits per heavy atom. The molecular weight excluding hydrogens is 694 g/mol. The lowest BCUT2D eigenvalue weighted by Crippen LogP contribution is -2.38. The van der Waals surface area contributed by atoms with Crippen molar-refractivity contribution >= 4 is 107 Å². The third-order valence-electron chi connectivity index (χ3n) is 2.93. The monoisotopic (exact) mass is 699 g/mol. The van der Waals surface area contributed by atoms with Gasteiger partial charge in [0.25, 0.3) is 0 Å². The number of alkyl halides is 6. The summed E-state index contributed by atoms with van der Waals surface area (Å²) in [6, 6.07) is 2.03. The molecule has 0 saturated heterocycles. The molecule has 0 radical (unpaired) electrons. The van der Waals surface area contributed by atoms with Crippen LogP contribution in [0.25, 0.3) is 0 Å². The number of hydrogen-bond acceptors (Lipinski definition) is 4. The molecule has 0 fully saturated rings. The van der Waals surface area contributed by atoms with E-state index in [1.807, 2.05) is 26.0 Å². The minimum absolute atomic E-state index is 0.520. The number of halogens is 6. The van der Waals surface area contributed by atoms with Gasteiger partial charge in [0.05, 0.1) is 0 Å². The number of nitrogens with one attached hydrogen (secondary N) is 1. The fourth-order valence-electron chi connectivity index (χ4n) is 1.73. The summed E-state index contributed by atoms with van der Waals surface area (Å²) in [5.41, 5.74) is 1.14. The van der Waals surface area contributed by atoms with Crippen molar-refractivity contribution in [3.8, 4) is 0 Å². The normalized spacial score (nSPS) is 17.8. The highest BCUT2D eigenvalue weighted by Crippen LogP contribution is 2.40. The summed E-state index contributed by atoms with van der Waals surface area (Å²) < 4.78 is 4.30.